The molecular formula is C18H24F3IN4O2. The second kappa shape index (κ2) is 11.1. The van der Waals surface area contributed by atoms with Crippen LogP contribution in [0.4, 0.5) is 13.2 Å². The van der Waals surface area contributed by atoms with Gasteiger partial charge in [-0.1, -0.05) is 31.1 Å². The van der Waals surface area contributed by atoms with E-state index >= 15 is 0 Å². The molecule has 0 aliphatic carbocycles. The lowest BCUT2D eigenvalue weighted by atomic mass is 10.1. The van der Waals surface area contributed by atoms with E-state index in [2.05, 4.69) is 20.8 Å². The lowest BCUT2D eigenvalue weighted by molar-refractivity contribution is -0.138. The van der Waals surface area contributed by atoms with Crippen molar-refractivity contribution in [3.05, 3.63) is 47.3 Å². The van der Waals surface area contributed by atoms with Gasteiger partial charge in [0.25, 0.3) is 0 Å². The standard InChI is InChI=1S/C18H23F3N4O2.HI/c1-12(2)15-10-13(27-25-15)11-24-17(22-3)23-8-9-26-16-7-5-4-6-14(16)18(19,20)21;/h4-7,10,12H,8-9,11H2,1-3H3,(H2,22,23,24);1H. The lowest BCUT2D eigenvalue weighted by Crippen LogP contribution is -2.38. The van der Waals surface area contributed by atoms with Gasteiger partial charge in [0.1, 0.15) is 12.4 Å². The zero-order valence-corrected chi connectivity index (χ0v) is 18.2. The maximum Gasteiger partial charge on any atom is 0.419 e. The summed E-state index contributed by atoms with van der Waals surface area (Å²) in [6.07, 6.45) is -4.45. The number of halogens is 4. The Balaban J connectivity index is 0.00000392. The van der Waals surface area contributed by atoms with Gasteiger partial charge in [0.15, 0.2) is 11.7 Å². The third-order valence-corrected chi connectivity index (χ3v) is 3.67. The average Bonchev–Trinajstić information content (AvgIpc) is 3.10. The van der Waals surface area contributed by atoms with Crippen LogP contribution in [0.5, 0.6) is 5.75 Å². The third-order valence-electron chi connectivity index (χ3n) is 3.67. The summed E-state index contributed by atoms with van der Waals surface area (Å²) in [5.74, 6) is 1.22. The minimum atomic E-state index is -4.45. The number of guanidine groups is 1. The van der Waals surface area contributed by atoms with Crippen molar-refractivity contribution < 1.29 is 22.4 Å². The van der Waals surface area contributed by atoms with E-state index in [4.69, 9.17) is 9.26 Å². The number of rotatable bonds is 7. The largest absolute Gasteiger partial charge is 0.491 e. The number of alkyl halides is 3. The molecule has 0 fully saturated rings. The molecule has 2 aromatic rings. The molecule has 1 aromatic carbocycles. The van der Waals surface area contributed by atoms with Crippen molar-refractivity contribution in [1.82, 2.24) is 15.8 Å². The minimum absolute atomic E-state index is 0. The fourth-order valence-electron chi connectivity index (χ4n) is 2.23. The molecule has 0 aliphatic rings. The van der Waals surface area contributed by atoms with Gasteiger partial charge in [-0.15, -0.1) is 24.0 Å². The monoisotopic (exact) mass is 512 g/mol. The number of para-hydroxylation sites is 1. The molecule has 0 unspecified atom stereocenters. The molecule has 0 bridgehead atoms. The molecule has 0 saturated heterocycles. The number of benzene rings is 1. The van der Waals surface area contributed by atoms with Crippen LogP contribution in [0.2, 0.25) is 0 Å². The normalized spacial score (nSPS) is 11.9. The van der Waals surface area contributed by atoms with Crippen molar-refractivity contribution in [1.29, 1.82) is 0 Å². The summed E-state index contributed by atoms with van der Waals surface area (Å²) in [5.41, 5.74) is 0.0743. The number of hydrogen-bond donors (Lipinski definition) is 2. The Labute approximate surface area is 178 Å². The Hall–Kier alpha value is -1.98. The summed E-state index contributed by atoms with van der Waals surface area (Å²) in [6.45, 7) is 4.75. The fraction of sp³-hybridized carbons (Fsp3) is 0.444. The van der Waals surface area contributed by atoms with Crippen LogP contribution < -0.4 is 15.4 Å². The van der Waals surface area contributed by atoms with Crippen LogP contribution in [0.1, 0.15) is 36.8 Å². The smallest absolute Gasteiger partial charge is 0.419 e. The molecular weight excluding hydrogens is 488 g/mol. The van der Waals surface area contributed by atoms with Gasteiger partial charge in [0.2, 0.25) is 0 Å². The molecule has 0 saturated carbocycles. The summed E-state index contributed by atoms with van der Waals surface area (Å²) in [4.78, 5) is 4.04. The number of hydrogen-bond acceptors (Lipinski definition) is 4. The highest BCUT2D eigenvalue weighted by molar-refractivity contribution is 14.0. The quantitative estimate of drug-likeness (QED) is 0.252. The van der Waals surface area contributed by atoms with Crippen molar-refractivity contribution >= 4 is 29.9 Å². The summed E-state index contributed by atoms with van der Waals surface area (Å²) >= 11 is 0. The van der Waals surface area contributed by atoms with Crippen molar-refractivity contribution in [2.75, 3.05) is 20.2 Å². The van der Waals surface area contributed by atoms with Gasteiger partial charge in [0, 0.05) is 13.1 Å². The Kier molecular flexibility index (Phi) is 9.56. The van der Waals surface area contributed by atoms with Crippen LogP contribution in [0, 0.1) is 0 Å². The number of nitrogens with zero attached hydrogens (tertiary/aromatic N) is 2. The first-order valence-electron chi connectivity index (χ1n) is 8.50. The average molecular weight is 512 g/mol. The van der Waals surface area contributed by atoms with Gasteiger partial charge in [-0.3, -0.25) is 4.99 Å². The Morgan fingerprint density at radius 2 is 1.96 bits per heavy atom. The molecule has 0 radical (unpaired) electrons. The number of aromatic nitrogens is 1. The van der Waals surface area contributed by atoms with E-state index in [0.29, 0.717) is 18.3 Å². The van der Waals surface area contributed by atoms with Gasteiger partial charge >= 0.3 is 6.18 Å². The van der Waals surface area contributed by atoms with Gasteiger partial charge in [-0.25, -0.2) is 0 Å². The first kappa shape index (κ1) is 24.1. The molecule has 2 N–H and O–H groups in total. The zero-order chi connectivity index (χ0) is 19.9. The van der Waals surface area contributed by atoms with E-state index < -0.39 is 11.7 Å². The Morgan fingerprint density at radius 3 is 2.57 bits per heavy atom. The van der Waals surface area contributed by atoms with Crippen molar-refractivity contribution in [2.45, 2.75) is 32.5 Å². The van der Waals surface area contributed by atoms with Gasteiger partial charge in [-0.2, -0.15) is 13.2 Å². The highest BCUT2D eigenvalue weighted by atomic mass is 127. The molecule has 0 spiro atoms. The second-order valence-electron chi connectivity index (χ2n) is 6.07. The van der Waals surface area contributed by atoms with Crippen LogP contribution in [0.15, 0.2) is 39.8 Å². The molecule has 10 heteroatoms. The van der Waals surface area contributed by atoms with E-state index in [0.717, 1.165) is 11.8 Å². The highest BCUT2D eigenvalue weighted by Gasteiger charge is 2.33. The first-order chi connectivity index (χ1) is 12.8. The van der Waals surface area contributed by atoms with Crippen LogP contribution in [-0.4, -0.2) is 31.3 Å². The van der Waals surface area contributed by atoms with Gasteiger partial charge in [-0.05, 0) is 18.1 Å². The van der Waals surface area contributed by atoms with Crippen molar-refractivity contribution in [2.24, 2.45) is 4.99 Å². The Bertz CT molecular complexity index is 763. The molecule has 0 aliphatic heterocycles. The van der Waals surface area contributed by atoms with E-state index in [-0.39, 0.29) is 48.8 Å². The van der Waals surface area contributed by atoms with E-state index in [1.54, 1.807) is 7.05 Å². The highest BCUT2D eigenvalue weighted by Crippen LogP contribution is 2.35. The number of aliphatic imine (C=N–C) groups is 1. The summed E-state index contributed by atoms with van der Waals surface area (Å²) in [6, 6.07) is 6.98. The molecule has 0 amide bonds. The van der Waals surface area contributed by atoms with Crippen LogP contribution in [0.3, 0.4) is 0 Å². The van der Waals surface area contributed by atoms with E-state index in [1.807, 2.05) is 19.9 Å². The third kappa shape index (κ3) is 7.21. The van der Waals surface area contributed by atoms with Crippen molar-refractivity contribution in [3.63, 3.8) is 0 Å². The predicted octanol–water partition coefficient (Wildman–Crippen LogP) is 4.18. The van der Waals surface area contributed by atoms with Crippen LogP contribution >= 0.6 is 24.0 Å². The second-order valence-corrected chi connectivity index (χ2v) is 6.07. The molecule has 6 nitrogen and oxygen atoms in total. The molecule has 1 aromatic heterocycles. The summed E-state index contributed by atoms with van der Waals surface area (Å²) in [7, 11) is 1.59. The zero-order valence-electron chi connectivity index (χ0n) is 15.8. The molecule has 156 valence electrons. The SMILES string of the molecule is CN=C(NCCOc1ccccc1C(F)(F)F)NCc1cc(C(C)C)no1.I. The first-order valence-corrected chi connectivity index (χ1v) is 8.50. The number of ether oxygens (including phenoxy) is 1. The topological polar surface area (TPSA) is 71.7 Å². The van der Waals surface area contributed by atoms with E-state index in [9.17, 15) is 13.2 Å². The maximum atomic E-state index is 12.9. The van der Waals surface area contributed by atoms with Gasteiger partial charge < -0.3 is 19.9 Å². The van der Waals surface area contributed by atoms with Crippen LogP contribution in [0.25, 0.3) is 0 Å². The Morgan fingerprint density at radius 1 is 1.25 bits per heavy atom. The van der Waals surface area contributed by atoms with Crippen LogP contribution in [-0.2, 0) is 12.7 Å². The number of nitrogens with one attached hydrogen (secondary N) is 2. The maximum absolute atomic E-state index is 12.9. The molecule has 28 heavy (non-hydrogen) atoms. The van der Waals surface area contributed by atoms with E-state index in [1.165, 1.54) is 18.2 Å². The molecule has 0 atom stereocenters. The summed E-state index contributed by atoms with van der Waals surface area (Å²) in [5, 5.41) is 9.98. The minimum Gasteiger partial charge on any atom is -0.491 e. The molecule has 1 heterocycles. The van der Waals surface area contributed by atoms with Crippen molar-refractivity contribution in [3.8, 4) is 5.75 Å². The summed E-state index contributed by atoms with van der Waals surface area (Å²) < 4.78 is 49.2. The predicted molar refractivity (Wildman–Crippen MR) is 111 cm³/mol. The lowest BCUT2D eigenvalue weighted by Gasteiger charge is -2.15. The molecule has 2 rings (SSSR count). The fourth-order valence-corrected chi connectivity index (χ4v) is 2.23. The van der Waals surface area contributed by atoms with Gasteiger partial charge in [0.05, 0.1) is 24.3 Å².